The first kappa shape index (κ1) is 16.5. The molecule has 0 amide bonds. The smallest absolute Gasteiger partial charge is 0.329 e. The van der Waals surface area contributed by atoms with Crippen molar-refractivity contribution in [3.8, 4) is 0 Å². The van der Waals surface area contributed by atoms with E-state index in [1.165, 1.54) is 12.1 Å². The molecule has 1 fully saturated rings. The van der Waals surface area contributed by atoms with Crippen LogP contribution in [-0.2, 0) is 9.53 Å². The Morgan fingerprint density at radius 1 is 1.45 bits per heavy atom. The summed E-state index contributed by atoms with van der Waals surface area (Å²) in [6.45, 7) is 6.17. The van der Waals surface area contributed by atoms with Crippen LogP contribution in [-0.4, -0.2) is 29.1 Å². The lowest BCUT2D eigenvalue weighted by Gasteiger charge is -2.28. The molecule has 6 nitrogen and oxygen atoms in total. The molecule has 1 heterocycles. The van der Waals surface area contributed by atoms with Crippen LogP contribution in [0.1, 0.15) is 33.6 Å². The van der Waals surface area contributed by atoms with Crippen molar-refractivity contribution >= 4 is 28.9 Å². The zero-order valence-electron chi connectivity index (χ0n) is 12.8. The van der Waals surface area contributed by atoms with Crippen LogP contribution >= 0.6 is 11.6 Å². The minimum Gasteiger partial charge on any atom is -0.458 e. The van der Waals surface area contributed by atoms with Gasteiger partial charge >= 0.3 is 5.97 Å². The molecule has 0 unspecified atom stereocenters. The molecule has 1 aromatic carbocycles. The quantitative estimate of drug-likeness (QED) is 0.482. The number of nitrogens with zero attached hydrogens (tertiary/aromatic N) is 2. The summed E-state index contributed by atoms with van der Waals surface area (Å²) >= 11 is 5.95. The summed E-state index contributed by atoms with van der Waals surface area (Å²) in [7, 11) is 0. The fourth-order valence-corrected chi connectivity index (χ4v) is 2.76. The summed E-state index contributed by atoms with van der Waals surface area (Å²) in [6, 6.07) is 4.13. The lowest BCUT2D eigenvalue weighted by Crippen LogP contribution is -2.40. The monoisotopic (exact) mass is 326 g/mol. The Morgan fingerprint density at radius 3 is 2.68 bits per heavy atom. The van der Waals surface area contributed by atoms with E-state index in [1.807, 2.05) is 25.7 Å². The lowest BCUT2D eigenvalue weighted by atomic mass is 10.1. The number of carbonyl (C=O) groups excluding carboxylic acids is 1. The number of hydrogen-bond donors (Lipinski definition) is 0. The van der Waals surface area contributed by atoms with Crippen LogP contribution in [0, 0.1) is 10.1 Å². The molecule has 0 spiro atoms. The van der Waals surface area contributed by atoms with Gasteiger partial charge < -0.3 is 9.64 Å². The fourth-order valence-electron chi connectivity index (χ4n) is 2.51. The fraction of sp³-hybridized carbons (Fsp3) is 0.533. The molecule has 1 saturated heterocycles. The molecule has 0 bridgehead atoms. The maximum absolute atomic E-state index is 12.3. The molecule has 1 aromatic rings. The van der Waals surface area contributed by atoms with Crippen molar-refractivity contribution in [2.75, 3.05) is 11.4 Å². The van der Waals surface area contributed by atoms with E-state index < -0.39 is 10.5 Å². The van der Waals surface area contributed by atoms with Crippen molar-refractivity contribution in [1.29, 1.82) is 0 Å². The first-order chi connectivity index (χ1) is 10.2. The van der Waals surface area contributed by atoms with Gasteiger partial charge in [-0.1, -0.05) is 11.6 Å². The highest BCUT2D eigenvalue weighted by molar-refractivity contribution is 6.32. The van der Waals surface area contributed by atoms with E-state index in [2.05, 4.69) is 0 Å². The number of nitro groups is 1. The van der Waals surface area contributed by atoms with E-state index in [-0.39, 0.29) is 22.7 Å². The topological polar surface area (TPSA) is 72.7 Å². The van der Waals surface area contributed by atoms with Crippen LogP contribution in [0.25, 0.3) is 0 Å². The van der Waals surface area contributed by atoms with Crippen molar-refractivity contribution in [2.24, 2.45) is 0 Å². The van der Waals surface area contributed by atoms with Gasteiger partial charge in [0.1, 0.15) is 16.7 Å². The van der Waals surface area contributed by atoms with Crippen molar-refractivity contribution in [1.82, 2.24) is 0 Å². The standard InChI is InChI=1S/C15H19ClN2O4/c1-15(2,3)22-14(19)13-5-4-8-17(13)10-6-7-12(18(20)21)11(16)9-10/h6-7,9,13H,4-5,8H2,1-3H3/t13-/m0/s1. The Hall–Kier alpha value is -1.82. The Balaban J connectivity index is 2.22. The maximum atomic E-state index is 12.3. The number of hydrogen-bond acceptors (Lipinski definition) is 5. The first-order valence-corrected chi connectivity index (χ1v) is 7.50. The molecular weight excluding hydrogens is 308 g/mol. The van der Waals surface area contributed by atoms with E-state index in [0.29, 0.717) is 18.7 Å². The van der Waals surface area contributed by atoms with Gasteiger partial charge in [-0.15, -0.1) is 0 Å². The van der Waals surface area contributed by atoms with Crippen LogP contribution in [0.2, 0.25) is 5.02 Å². The largest absolute Gasteiger partial charge is 0.458 e. The maximum Gasteiger partial charge on any atom is 0.329 e. The molecule has 7 heteroatoms. The second-order valence-electron chi connectivity index (χ2n) is 6.28. The molecule has 0 saturated carbocycles. The molecule has 0 radical (unpaired) electrons. The number of halogens is 1. The SMILES string of the molecule is CC(C)(C)OC(=O)[C@@H]1CCCN1c1ccc([N+](=O)[O-])c(Cl)c1. The summed E-state index contributed by atoms with van der Waals surface area (Å²) in [6.07, 6.45) is 1.56. The van der Waals surface area contributed by atoms with E-state index >= 15 is 0 Å². The summed E-state index contributed by atoms with van der Waals surface area (Å²) in [5.74, 6) is -0.278. The second kappa shape index (κ2) is 6.12. The molecule has 120 valence electrons. The highest BCUT2D eigenvalue weighted by Crippen LogP contribution is 2.33. The van der Waals surface area contributed by atoms with Crippen LogP contribution in [0.5, 0.6) is 0 Å². The van der Waals surface area contributed by atoms with Crippen molar-refractivity contribution in [2.45, 2.75) is 45.3 Å². The van der Waals surface area contributed by atoms with Crippen LogP contribution in [0.3, 0.4) is 0 Å². The van der Waals surface area contributed by atoms with Gasteiger partial charge in [-0.05, 0) is 45.7 Å². The van der Waals surface area contributed by atoms with Crippen LogP contribution in [0.15, 0.2) is 18.2 Å². The van der Waals surface area contributed by atoms with E-state index in [4.69, 9.17) is 16.3 Å². The van der Waals surface area contributed by atoms with Gasteiger partial charge in [0.15, 0.2) is 0 Å². The van der Waals surface area contributed by atoms with Gasteiger partial charge in [-0.3, -0.25) is 10.1 Å². The van der Waals surface area contributed by atoms with E-state index in [1.54, 1.807) is 6.07 Å². The third kappa shape index (κ3) is 3.68. The summed E-state index contributed by atoms with van der Waals surface area (Å²) in [4.78, 5) is 24.5. The van der Waals surface area contributed by atoms with Crippen molar-refractivity contribution < 1.29 is 14.5 Å². The predicted octanol–water partition coefficient (Wildman–Crippen LogP) is 3.56. The average Bonchev–Trinajstić information content (AvgIpc) is 2.85. The van der Waals surface area contributed by atoms with Crippen LogP contribution < -0.4 is 4.90 Å². The molecule has 1 atom stereocenters. The third-order valence-electron chi connectivity index (χ3n) is 3.39. The van der Waals surface area contributed by atoms with Crippen LogP contribution in [0.4, 0.5) is 11.4 Å². The minimum atomic E-state index is -0.543. The number of esters is 1. The van der Waals surface area contributed by atoms with Gasteiger partial charge in [0, 0.05) is 18.3 Å². The molecule has 0 N–H and O–H groups in total. The highest BCUT2D eigenvalue weighted by atomic mass is 35.5. The Bertz CT molecular complexity index is 598. The number of carbonyl (C=O) groups is 1. The van der Waals surface area contributed by atoms with E-state index in [0.717, 1.165) is 6.42 Å². The Labute approximate surface area is 134 Å². The van der Waals surface area contributed by atoms with Crippen molar-refractivity contribution in [3.63, 3.8) is 0 Å². The number of benzene rings is 1. The van der Waals surface area contributed by atoms with Gasteiger partial charge in [-0.2, -0.15) is 0 Å². The summed E-state index contributed by atoms with van der Waals surface area (Å²) in [5, 5.41) is 10.9. The number of ether oxygens (including phenoxy) is 1. The molecule has 2 rings (SSSR count). The number of rotatable bonds is 3. The summed E-state index contributed by atoms with van der Waals surface area (Å²) < 4.78 is 5.44. The molecule has 0 aliphatic carbocycles. The van der Waals surface area contributed by atoms with Gasteiger partial charge in [0.25, 0.3) is 5.69 Å². The summed E-state index contributed by atoms with van der Waals surface area (Å²) in [5.41, 5.74) is 0.0146. The Morgan fingerprint density at radius 2 is 2.14 bits per heavy atom. The van der Waals surface area contributed by atoms with E-state index in [9.17, 15) is 14.9 Å². The molecule has 1 aliphatic heterocycles. The zero-order valence-corrected chi connectivity index (χ0v) is 13.6. The second-order valence-corrected chi connectivity index (χ2v) is 6.68. The average molecular weight is 327 g/mol. The minimum absolute atomic E-state index is 0.0670. The molecular formula is C15H19ClN2O4. The molecule has 1 aliphatic rings. The lowest BCUT2D eigenvalue weighted by molar-refractivity contribution is -0.384. The Kier molecular flexibility index (Phi) is 4.60. The molecule has 22 heavy (non-hydrogen) atoms. The highest BCUT2D eigenvalue weighted by Gasteiger charge is 2.34. The third-order valence-corrected chi connectivity index (χ3v) is 3.69. The normalized spacial score (nSPS) is 18.4. The van der Waals surface area contributed by atoms with Crippen molar-refractivity contribution in [3.05, 3.63) is 33.3 Å². The molecule has 0 aromatic heterocycles. The number of nitro benzene ring substituents is 1. The van der Waals surface area contributed by atoms with Gasteiger partial charge in [0.05, 0.1) is 4.92 Å². The van der Waals surface area contributed by atoms with Gasteiger partial charge in [0.2, 0.25) is 0 Å². The predicted molar refractivity (Wildman–Crippen MR) is 84.3 cm³/mol. The van der Waals surface area contributed by atoms with Gasteiger partial charge in [-0.25, -0.2) is 4.79 Å². The first-order valence-electron chi connectivity index (χ1n) is 7.12. The zero-order chi connectivity index (χ0) is 16.5. The number of anilines is 1.